The molecule has 14 heavy (non-hydrogen) atoms. The molecule has 0 aliphatic carbocycles. The highest BCUT2D eigenvalue weighted by Crippen LogP contribution is 2.15. The molecule has 2 nitrogen and oxygen atoms in total. The van der Waals surface area contributed by atoms with E-state index in [9.17, 15) is 0 Å². The van der Waals surface area contributed by atoms with Crippen molar-refractivity contribution in [1.82, 2.24) is 9.80 Å². The van der Waals surface area contributed by atoms with Gasteiger partial charge in [-0.05, 0) is 38.6 Å². The number of likely N-dealkylation sites (N-methyl/N-ethyl adjacent to an activating group) is 1. The minimum Gasteiger partial charge on any atom is -0.306 e. The third kappa shape index (κ3) is 3.99. The minimum atomic E-state index is 0.578. The largest absolute Gasteiger partial charge is 0.306 e. The van der Waals surface area contributed by atoms with Crippen LogP contribution < -0.4 is 0 Å². The second-order valence-electron chi connectivity index (χ2n) is 4.50. The predicted molar refractivity (Wildman–Crippen MR) is 63.0 cm³/mol. The van der Waals surface area contributed by atoms with Crippen molar-refractivity contribution in [1.29, 1.82) is 0 Å². The molecular formula is C11H21ClN2. The zero-order valence-corrected chi connectivity index (χ0v) is 10.1. The van der Waals surface area contributed by atoms with Crippen molar-refractivity contribution >= 4 is 11.6 Å². The lowest BCUT2D eigenvalue weighted by Gasteiger charge is -2.21. The van der Waals surface area contributed by atoms with E-state index >= 15 is 0 Å². The molecular weight excluding hydrogens is 196 g/mol. The highest BCUT2D eigenvalue weighted by molar-refractivity contribution is 6.19. The fourth-order valence-electron chi connectivity index (χ4n) is 2.10. The molecule has 82 valence electrons. The summed E-state index contributed by atoms with van der Waals surface area (Å²) in [7, 11) is 4.34. The van der Waals surface area contributed by atoms with Gasteiger partial charge in [-0.2, -0.15) is 0 Å². The quantitative estimate of drug-likeness (QED) is 0.510. The summed E-state index contributed by atoms with van der Waals surface area (Å²) in [6.45, 7) is 8.50. The topological polar surface area (TPSA) is 6.48 Å². The standard InChI is InChI=1S/C11H21ClN2/c1-10(6-12)7-14(3)9-11-4-5-13(2)8-11/h11H,1,4-9H2,2-3H3. The lowest BCUT2D eigenvalue weighted by Crippen LogP contribution is -2.29. The van der Waals surface area contributed by atoms with Crippen molar-refractivity contribution in [2.75, 3.05) is 46.2 Å². The maximum Gasteiger partial charge on any atom is 0.0443 e. The summed E-state index contributed by atoms with van der Waals surface area (Å²) in [6, 6.07) is 0. The first-order valence-electron chi connectivity index (χ1n) is 5.21. The van der Waals surface area contributed by atoms with Gasteiger partial charge in [0.25, 0.3) is 0 Å². The summed E-state index contributed by atoms with van der Waals surface area (Å²) in [5.74, 6) is 1.41. The van der Waals surface area contributed by atoms with E-state index in [1.165, 1.54) is 26.1 Å². The van der Waals surface area contributed by atoms with Crippen LogP contribution in [0.25, 0.3) is 0 Å². The Balaban J connectivity index is 2.20. The molecule has 0 amide bonds. The number of alkyl halides is 1. The minimum absolute atomic E-state index is 0.578. The molecule has 0 saturated carbocycles. The van der Waals surface area contributed by atoms with Gasteiger partial charge in [0.05, 0.1) is 0 Å². The molecule has 1 aliphatic rings. The third-order valence-corrected chi connectivity index (χ3v) is 3.12. The lowest BCUT2D eigenvalue weighted by molar-refractivity contribution is 0.291. The fraction of sp³-hybridized carbons (Fsp3) is 0.818. The normalized spacial score (nSPS) is 23.3. The second-order valence-corrected chi connectivity index (χ2v) is 4.76. The van der Waals surface area contributed by atoms with E-state index in [2.05, 4.69) is 30.5 Å². The average molecular weight is 217 g/mol. The van der Waals surface area contributed by atoms with Crippen molar-refractivity contribution in [3.8, 4) is 0 Å². The Morgan fingerprint density at radius 3 is 2.86 bits per heavy atom. The van der Waals surface area contributed by atoms with Crippen LogP contribution in [-0.2, 0) is 0 Å². The van der Waals surface area contributed by atoms with Gasteiger partial charge in [-0.1, -0.05) is 6.58 Å². The van der Waals surface area contributed by atoms with Crippen molar-refractivity contribution in [3.63, 3.8) is 0 Å². The van der Waals surface area contributed by atoms with Gasteiger partial charge in [0.1, 0.15) is 0 Å². The molecule has 1 aliphatic heterocycles. The highest BCUT2D eigenvalue weighted by atomic mass is 35.5. The van der Waals surface area contributed by atoms with Gasteiger partial charge in [-0.3, -0.25) is 0 Å². The van der Waals surface area contributed by atoms with Crippen LogP contribution in [0.4, 0.5) is 0 Å². The number of halogens is 1. The summed E-state index contributed by atoms with van der Waals surface area (Å²) in [6.07, 6.45) is 1.33. The number of nitrogens with zero attached hydrogens (tertiary/aromatic N) is 2. The molecule has 1 rings (SSSR count). The van der Waals surface area contributed by atoms with Crippen LogP contribution in [-0.4, -0.2) is 56.0 Å². The molecule has 0 aromatic heterocycles. The van der Waals surface area contributed by atoms with Crippen LogP contribution in [0.2, 0.25) is 0 Å². The van der Waals surface area contributed by atoms with Gasteiger partial charge >= 0.3 is 0 Å². The van der Waals surface area contributed by atoms with Crippen molar-refractivity contribution in [2.24, 2.45) is 5.92 Å². The molecule has 1 atom stereocenters. The van der Waals surface area contributed by atoms with Crippen LogP contribution in [0, 0.1) is 5.92 Å². The summed E-state index contributed by atoms with van der Waals surface area (Å²) in [4.78, 5) is 4.73. The second kappa shape index (κ2) is 5.74. The van der Waals surface area contributed by atoms with E-state index in [0.717, 1.165) is 18.0 Å². The van der Waals surface area contributed by atoms with E-state index in [1.54, 1.807) is 0 Å². The van der Waals surface area contributed by atoms with Crippen LogP contribution in [0.3, 0.4) is 0 Å². The van der Waals surface area contributed by atoms with Gasteiger partial charge in [-0.15, -0.1) is 11.6 Å². The van der Waals surface area contributed by atoms with E-state index in [0.29, 0.717) is 5.88 Å². The monoisotopic (exact) mass is 216 g/mol. The summed E-state index contributed by atoms with van der Waals surface area (Å²) < 4.78 is 0. The van der Waals surface area contributed by atoms with Gasteiger partial charge in [0.15, 0.2) is 0 Å². The fourth-order valence-corrected chi connectivity index (χ4v) is 2.19. The van der Waals surface area contributed by atoms with E-state index in [1.807, 2.05) is 0 Å². The van der Waals surface area contributed by atoms with E-state index < -0.39 is 0 Å². The van der Waals surface area contributed by atoms with Crippen molar-refractivity contribution in [2.45, 2.75) is 6.42 Å². The van der Waals surface area contributed by atoms with Gasteiger partial charge in [-0.25, -0.2) is 0 Å². The number of hydrogen-bond donors (Lipinski definition) is 0. The molecule has 1 unspecified atom stereocenters. The van der Waals surface area contributed by atoms with E-state index in [-0.39, 0.29) is 0 Å². The van der Waals surface area contributed by atoms with Crippen LogP contribution >= 0.6 is 11.6 Å². The summed E-state index contributed by atoms with van der Waals surface area (Å²) >= 11 is 5.70. The number of likely N-dealkylation sites (tertiary alicyclic amines) is 1. The lowest BCUT2D eigenvalue weighted by atomic mass is 10.1. The van der Waals surface area contributed by atoms with Crippen molar-refractivity contribution in [3.05, 3.63) is 12.2 Å². The molecule has 1 fully saturated rings. The molecule has 3 heteroatoms. The Labute approximate surface area is 92.5 Å². The van der Waals surface area contributed by atoms with Gasteiger partial charge in [0, 0.05) is 25.5 Å². The third-order valence-electron chi connectivity index (χ3n) is 2.74. The average Bonchev–Trinajstić information content (AvgIpc) is 2.50. The summed E-state index contributed by atoms with van der Waals surface area (Å²) in [5, 5.41) is 0. The van der Waals surface area contributed by atoms with Crippen LogP contribution in [0.5, 0.6) is 0 Å². The Bertz CT molecular complexity index is 194. The molecule has 0 bridgehead atoms. The highest BCUT2D eigenvalue weighted by Gasteiger charge is 2.20. The molecule has 1 saturated heterocycles. The predicted octanol–water partition coefficient (Wildman–Crippen LogP) is 1.66. The van der Waals surface area contributed by atoms with Crippen LogP contribution in [0.15, 0.2) is 12.2 Å². The molecule has 0 aromatic carbocycles. The smallest absolute Gasteiger partial charge is 0.0443 e. The molecule has 0 N–H and O–H groups in total. The first-order valence-corrected chi connectivity index (χ1v) is 5.75. The molecule has 0 aromatic rings. The number of rotatable bonds is 5. The Kier molecular flexibility index (Phi) is 4.93. The zero-order valence-electron chi connectivity index (χ0n) is 9.30. The zero-order chi connectivity index (χ0) is 10.6. The van der Waals surface area contributed by atoms with Crippen LogP contribution in [0.1, 0.15) is 6.42 Å². The molecule has 0 radical (unpaired) electrons. The van der Waals surface area contributed by atoms with Gasteiger partial charge < -0.3 is 9.80 Å². The Hall–Kier alpha value is -0.0500. The Morgan fingerprint density at radius 2 is 2.36 bits per heavy atom. The van der Waals surface area contributed by atoms with E-state index in [4.69, 9.17) is 11.6 Å². The molecule has 0 spiro atoms. The first kappa shape index (κ1) is 12.0. The Morgan fingerprint density at radius 1 is 1.64 bits per heavy atom. The SMILES string of the molecule is C=C(CCl)CN(C)CC1CCN(C)C1. The van der Waals surface area contributed by atoms with Gasteiger partial charge in [0.2, 0.25) is 0 Å². The number of hydrogen-bond acceptors (Lipinski definition) is 2. The summed E-state index contributed by atoms with van der Waals surface area (Å²) in [5.41, 5.74) is 1.11. The maximum atomic E-state index is 5.70. The first-order chi connectivity index (χ1) is 6.61. The molecule has 1 heterocycles. The maximum absolute atomic E-state index is 5.70. The van der Waals surface area contributed by atoms with Crippen molar-refractivity contribution < 1.29 is 0 Å².